The number of nitrogens with one attached hydrogen (secondary N) is 2. The zero-order valence-electron chi connectivity index (χ0n) is 9.14. The molecule has 0 spiro atoms. The summed E-state index contributed by atoms with van der Waals surface area (Å²) in [5.41, 5.74) is 6.08. The summed E-state index contributed by atoms with van der Waals surface area (Å²) in [5, 5.41) is 5.19. The van der Waals surface area contributed by atoms with Crippen LogP contribution in [0.15, 0.2) is 12.4 Å². The molecule has 1 unspecified atom stereocenters. The van der Waals surface area contributed by atoms with Crippen molar-refractivity contribution in [3.05, 3.63) is 18.1 Å². The summed E-state index contributed by atoms with van der Waals surface area (Å²) in [5.74, 6) is -0.0692. The number of piperidine rings is 1. The first-order chi connectivity index (χ1) is 8.19. The molecule has 17 heavy (non-hydrogen) atoms. The summed E-state index contributed by atoms with van der Waals surface area (Å²) < 4.78 is 0. The van der Waals surface area contributed by atoms with E-state index in [0.29, 0.717) is 30.9 Å². The number of amides is 2. The zero-order chi connectivity index (χ0) is 12.3. The standard InChI is InChI=1S/C10H13N5O2/c11-3-6-4-13-8(5-12-6)14-7-1-2-9(16)15-10(7)17/h4-5,7H,1-3,11H2,(H,13,14)(H,15,16,17). The van der Waals surface area contributed by atoms with Crippen molar-refractivity contribution in [1.29, 1.82) is 0 Å². The Bertz CT molecular complexity index is 431. The van der Waals surface area contributed by atoms with Gasteiger partial charge in [-0.2, -0.15) is 0 Å². The minimum absolute atomic E-state index is 0.238. The number of aromatic nitrogens is 2. The molecule has 2 amide bonds. The van der Waals surface area contributed by atoms with Crippen LogP contribution < -0.4 is 16.4 Å². The van der Waals surface area contributed by atoms with E-state index in [-0.39, 0.29) is 11.8 Å². The molecule has 0 aliphatic carbocycles. The molecule has 0 aromatic carbocycles. The fourth-order valence-electron chi connectivity index (χ4n) is 1.54. The number of nitrogens with zero attached hydrogens (tertiary/aromatic N) is 2. The molecule has 1 aliphatic rings. The minimum Gasteiger partial charge on any atom is -0.357 e. The van der Waals surface area contributed by atoms with Gasteiger partial charge in [-0.25, -0.2) is 4.98 Å². The van der Waals surface area contributed by atoms with Crippen LogP contribution in [0.5, 0.6) is 0 Å². The van der Waals surface area contributed by atoms with Crippen molar-refractivity contribution >= 4 is 17.6 Å². The van der Waals surface area contributed by atoms with E-state index in [2.05, 4.69) is 20.6 Å². The van der Waals surface area contributed by atoms with E-state index in [1.165, 1.54) is 6.20 Å². The topological polar surface area (TPSA) is 110 Å². The smallest absolute Gasteiger partial charge is 0.249 e. The SMILES string of the molecule is NCc1cnc(NC2CCC(=O)NC2=O)cn1. The Hall–Kier alpha value is -2.02. The quantitative estimate of drug-likeness (QED) is 0.589. The van der Waals surface area contributed by atoms with E-state index in [4.69, 9.17) is 5.73 Å². The number of nitrogens with two attached hydrogens (primary N) is 1. The molecule has 0 bridgehead atoms. The Morgan fingerprint density at radius 1 is 1.41 bits per heavy atom. The molecule has 2 heterocycles. The largest absolute Gasteiger partial charge is 0.357 e. The van der Waals surface area contributed by atoms with E-state index >= 15 is 0 Å². The highest BCUT2D eigenvalue weighted by Gasteiger charge is 2.26. The summed E-state index contributed by atoms with van der Waals surface area (Å²) in [6, 6.07) is -0.439. The molecule has 0 saturated carbocycles. The Morgan fingerprint density at radius 3 is 2.82 bits per heavy atom. The third-order valence-corrected chi connectivity index (χ3v) is 2.48. The zero-order valence-corrected chi connectivity index (χ0v) is 9.14. The molecule has 1 aliphatic heterocycles. The van der Waals surface area contributed by atoms with Crippen molar-refractivity contribution in [2.75, 3.05) is 5.32 Å². The van der Waals surface area contributed by atoms with Crippen molar-refractivity contribution in [3.63, 3.8) is 0 Å². The van der Waals surface area contributed by atoms with Crippen molar-refractivity contribution < 1.29 is 9.59 Å². The highest BCUT2D eigenvalue weighted by atomic mass is 16.2. The van der Waals surface area contributed by atoms with Gasteiger partial charge in [-0.3, -0.25) is 19.9 Å². The maximum absolute atomic E-state index is 11.5. The lowest BCUT2D eigenvalue weighted by Gasteiger charge is -2.21. The Morgan fingerprint density at radius 2 is 2.24 bits per heavy atom. The second kappa shape index (κ2) is 4.88. The fourth-order valence-corrected chi connectivity index (χ4v) is 1.54. The van der Waals surface area contributed by atoms with Gasteiger partial charge in [0.2, 0.25) is 11.8 Å². The Balaban J connectivity index is 2.00. The van der Waals surface area contributed by atoms with Crippen molar-refractivity contribution in [3.8, 4) is 0 Å². The van der Waals surface area contributed by atoms with Crippen LogP contribution in [-0.2, 0) is 16.1 Å². The molecule has 7 nitrogen and oxygen atoms in total. The van der Waals surface area contributed by atoms with Gasteiger partial charge in [0.05, 0.1) is 18.1 Å². The van der Waals surface area contributed by atoms with Crippen LogP contribution in [0.2, 0.25) is 0 Å². The Labute approximate surface area is 97.8 Å². The average Bonchev–Trinajstić information content (AvgIpc) is 2.34. The van der Waals surface area contributed by atoms with E-state index in [9.17, 15) is 9.59 Å². The van der Waals surface area contributed by atoms with E-state index in [0.717, 1.165) is 0 Å². The lowest BCUT2D eigenvalue weighted by molar-refractivity contribution is -0.133. The molecule has 1 atom stereocenters. The number of rotatable bonds is 3. The van der Waals surface area contributed by atoms with Crippen molar-refractivity contribution in [2.45, 2.75) is 25.4 Å². The molecular formula is C10H13N5O2. The lowest BCUT2D eigenvalue weighted by Crippen LogP contribution is -2.47. The van der Waals surface area contributed by atoms with Crippen LogP contribution >= 0.6 is 0 Å². The van der Waals surface area contributed by atoms with Crippen LogP contribution in [0.1, 0.15) is 18.5 Å². The van der Waals surface area contributed by atoms with Gasteiger partial charge in [0.25, 0.3) is 0 Å². The monoisotopic (exact) mass is 235 g/mol. The predicted molar refractivity (Wildman–Crippen MR) is 59.7 cm³/mol. The van der Waals surface area contributed by atoms with Gasteiger partial charge in [-0.05, 0) is 6.42 Å². The average molecular weight is 235 g/mol. The fraction of sp³-hybridized carbons (Fsp3) is 0.400. The normalized spacial score (nSPS) is 19.9. The molecule has 4 N–H and O–H groups in total. The number of carbonyl (C=O) groups excluding carboxylic acids is 2. The van der Waals surface area contributed by atoms with Gasteiger partial charge in [0, 0.05) is 13.0 Å². The second-order valence-corrected chi connectivity index (χ2v) is 3.75. The highest BCUT2D eigenvalue weighted by molar-refractivity contribution is 6.01. The number of hydrogen-bond donors (Lipinski definition) is 3. The maximum atomic E-state index is 11.5. The van der Waals surface area contributed by atoms with Gasteiger partial charge in [0.15, 0.2) is 0 Å². The van der Waals surface area contributed by atoms with Crippen molar-refractivity contribution in [1.82, 2.24) is 15.3 Å². The number of imide groups is 1. The van der Waals surface area contributed by atoms with Crippen LogP contribution in [0.25, 0.3) is 0 Å². The molecule has 1 saturated heterocycles. The first kappa shape index (κ1) is 11.5. The minimum atomic E-state index is -0.439. The van der Waals surface area contributed by atoms with Crippen LogP contribution in [0.3, 0.4) is 0 Å². The van der Waals surface area contributed by atoms with Crippen LogP contribution in [0.4, 0.5) is 5.82 Å². The van der Waals surface area contributed by atoms with E-state index in [1.54, 1.807) is 6.20 Å². The summed E-state index contributed by atoms with van der Waals surface area (Å²) in [7, 11) is 0. The van der Waals surface area contributed by atoms with Gasteiger partial charge >= 0.3 is 0 Å². The van der Waals surface area contributed by atoms with Crippen LogP contribution in [0, 0.1) is 0 Å². The van der Waals surface area contributed by atoms with Crippen LogP contribution in [-0.4, -0.2) is 27.8 Å². The number of carbonyl (C=O) groups is 2. The molecular weight excluding hydrogens is 222 g/mol. The molecule has 90 valence electrons. The summed E-state index contributed by atoms with van der Waals surface area (Å²) in [4.78, 5) is 30.6. The second-order valence-electron chi connectivity index (χ2n) is 3.75. The molecule has 1 fully saturated rings. The third kappa shape index (κ3) is 2.76. The third-order valence-electron chi connectivity index (χ3n) is 2.48. The molecule has 1 aromatic heterocycles. The number of hydrogen-bond acceptors (Lipinski definition) is 6. The first-order valence-corrected chi connectivity index (χ1v) is 5.30. The molecule has 2 rings (SSSR count). The highest BCUT2D eigenvalue weighted by Crippen LogP contribution is 2.10. The van der Waals surface area contributed by atoms with E-state index < -0.39 is 6.04 Å². The van der Waals surface area contributed by atoms with Crippen molar-refractivity contribution in [2.24, 2.45) is 5.73 Å². The summed E-state index contributed by atoms with van der Waals surface area (Å²) >= 11 is 0. The van der Waals surface area contributed by atoms with Gasteiger partial charge in [-0.15, -0.1) is 0 Å². The lowest BCUT2D eigenvalue weighted by atomic mass is 10.1. The van der Waals surface area contributed by atoms with Gasteiger partial charge < -0.3 is 11.1 Å². The Kier molecular flexibility index (Phi) is 3.29. The van der Waals surface area contributed by atoms with E-state index in [1.807, 2.05) is 0 Å². The maximum Gasteiger partial charge on any atom is 0.249 e. The van der Waals surface area contributed by atoms with Gasteiger partial charge in [-0.1, -0.05) is 0 Å². The first-order valence-electron chi connectivity index (χ1n) is 5.30. The summed E-state index contributed by atoms with van der Waals surface area (Å²) in [6.07, 6.45) is 3.86. The van der Waals surface area contributed by atoms with Gasteiger partial charge in [0.1, 0.15) is 11.9 Å². The predicted octanol–water partition coefficient (Wildman–Crippen LogP) is -0.848. The number of anilines is 1. The molecule has 1 aromatic rings. The summed E-state index contributed by atoms with van der Waals surface area (Å²) in [6.45, 7) is 0.325. The molecule has 0 radical (unpaired) electrons. The molecule has 7 heteroatoms.